The third kappa shape index (κ3) is 2.37. The average Bonchev–Trinajstić information content (AvgIpc) is 2.89. The highest BCUT2D eigenvalue weighted by molar-refractivity contribution is 5.86. The van der Waals surface area contributed by atoms with Gasteiger partial charge in [0, 0.05) is 13.3 Å². The van der Waals surface area contributed by atoms with Crippen molar-refractivity contribution in [2.75, 3.05) is 0 Å². The molecule has 134 valence electrons. The highest BCUT2D eigenvalue weighted by Gasteiger charge is 2.59. The average molecular weight is 332 g/mol. The van der Waals surface area contributed by atoms with Crippen molar-refractivity contribution in [3.8, 4) is 0 Å². The summed E-state index contributed by atoms with van der Waals surface area (Å²) in [6.45, 7) is 6.33. The van der Waals surface area contributed by atoms with Crippen molar-refractivity contribution < 1.29 is 14.3 Å². The monoisotopic (exact) mass is 332 g/mol. The summed E-state index contributed by atoms with van der Waals surface area (Å²) >= 11 is 0. The van der Waals surface area contributed by atoms with E-state index < -0.39 is 6.10 Å². The van der Waals surface area contributed by atoms with E-state index in [0.717, 1.165) is 18.3 Å². The second-order valence-corrected chi connectivity index (χ2v) is 9.72. The molecule has 4 aliphatic rings. The number of hydrogen-bond acceptors (Lipinski definition) is 3. The van der Waals surface area contributed by atoms with Crippen LogP contribution in [0.15, 0.2) is 0 Å². The summed E-state index contributed by atoms with van der Waals surface area (Å²) < 4.78 is 5.33. The van der Waals surface area contributed by atoms with Gasteiger partial charge >= 0.3 is 5.97 Å². The maximum absolute atomic E-state index is 12.7. The molecule has 0 bridgehead atoms. The molecule has 0 N–H and O–H groups in total. The van der Waals surface area contributed by atoms with Gasteiger partial charge in [0.25, 0.3) is 0 Å². The smallest absolute Gasteiger partial charge is 0.303 e. The quantitative estimate of drug-likeness (QED) is 0.663. The molecule has 7 atom stereocenters. The second kappa shape index (κ2) is 5.57. The Morgan fingerprint density at radius 1 is 1.08 bits per heavy atom. The van der Waals surface area contributed by atoms with Gasteiger partial charge in [-0.25, -0.2) is 0 Å². The van der Waals surface area contributed by atoms with Crippen LogP contribution in [0.1, 0.15) is 78.6 Å². The fraction of sp³-hybridized carbons (Fsp3) is 0.905. The van der Waals surface area contributed by atoms with Crippen LogP contribution in [-0.2, 0) is 14.3 Å². The minimum absolute atomic E-state index is 0.139. The van der Waals surface area contributed by atoms with Crippen LogP contribution in [0.25, 0.3) is 0 Å². The molecule has 0 aromatic heterocycles. The molecule has 4 saturated carbocycles. The van der Waals surface area contributed by atoms with Gasteiger partial charge in [-0.05, 0) is 79.4 Å². The third-order valence-corrected chi connectivity index (χ3v) is 8.57. The molecule has 0 aromatic carbocycles. The lowest BCUT2D eigenvalue weighted by atomic mass is 9.45. The van der Waals surface area contributed by atoms with E-state index in [0.29, 0.717) is 23.7 Å². The van der Waals surface area contributed by atoms with E-state index >= 15 is 0 Å². The van der Waals surface area contributed by atoms with Crippen LogP contribution in [-0.4, -0.2) is 17.9 Å². The standard InChI is InChI=1S/C21H32O3/c1-13(22)24-19-11-14-6-7-15-16-5-4-9-20(16,2)10-8-17(15)21(14,3)12-18(19)23/h14-17,19H,4-12H2,1-3H3. The van der Waals surface area contributed by atoms with Gasteiger partial charge < -0.3 is 4.74 Å². The summed E-state index contributed by atoms with van der Waals surface area (Å²) in [5, 5.41) is 0. The molecule has 3 heteroatoms. The van der Waals surface area contributed by atoms with Crippen LogP contribution < -0.4 is 0 Å². The van der Waals surface area contributed by atoms with Crippen molar-refractivity contribution in [1.29, 1.82) is 0 Å². The minimum Gasteiger partial charge on any atom is -0.455 e. The summed E-state index contributed by atoms with van der Waals surface area (Å²) in [5.74, 6) is 2.82. The van der Waals surface area contributed by atoms with Gasteiger partial charge in [-0.3, -0.25) is 9.59 Å². The maximum Gasteiger partial charge on any atom is 0.303 e. The van der Waals surface area contributed by atoms with Crippen molar-refractivity contribution in [2.45, 2.75) is 84.7 Å². The molecule has 0 aliphatic heterocycles. The van der Waals surface area contributed by atoms with Crippen LogP contribution in [0.3, 0.4) is 0 Å². The normalized spacial score (nSPS) is 50.6. The number of hydrogen-bond donors (Lipinski definition) is 0. The Bertz CT molecular complexity index is 555. The van der Waals surface area contributed by atoms with E-state index in [9.17, 15) is 9.59 Å². The number of fused-ring (bicyclic) bond motifs is 5. The SMILES string of the molecule is CC(=O)OC1CC2CCC3C4CCCC4(C)CCC3C2(C)CC1=O. The lowest BCUT2D eigenvalue weighted by Gasteiger charge is -2.60. The van der Waals surface area contributed by atoms with E-state index in [1.807, 2.05) is 0 Å². The Balaban J connectivity index is 1.57. The molecule has 0 spiro atoms. The number of ether oxygens (including phenoxy) is 1. The van der Waals surface area contributed by atoms with Crippen LogP contribution in [0.5, 0.6) is 0 Å². The molecule has 4 rings (SSSR count). The fourth-order valence-electron chi connectivity index (χ4n) is 7.38. The predicted octanol–water partition coefficient (Wildman–Crippen LogP) is 4.53. The topological polar surface area (TPSA) is 43.4 Å². The molecule has 4 fully saturated rings. The van der Waals surface area contributed by atoms with E-state index in [4.69, 9.17) is 4.74 Å². The summed E-state index contributed by atoms with van der Waals surface area (Å²) in [6.07, 6.45) is 10.3. The number of ketones is 1. The van der Waals surface area contributed by atoms with Crippen LogP contribution >= 0.6 is 0 Å². The number of carbonyl (C=O) groups is 2. The first-order valence-corrected chi connectivity index (χ1v) is 10.0. The molecule has 0 saturated heterocycles. The maximum atomic E-state index is 12.7. The molecule has 0 amide bonds. The van der Waals surface area contributed by atoms with Gasteiger partial charge in [-0.1, -0.05) is 20.3 Å². The van der Waals surface area contributed by atoms with Gasteiger partial charge in [-0.2, -0.15) is 0 Å². The van der Waals surface area contributed by atoms with Crippen molar-refractivity contribution in [3.63, 3.8) is 0 Å². The Labute approximate surface area is 145 Å². The molecular formula is C21H32O3. The lowest BCUT2D eigenvalue weighted by molar-refractivity contribution is -0.169. The minimum atomic E-state index is -0.475. The Morgan fingerprint density at radius 2 is 1.88 bits per heavy atom. The van der Waals surface area contributed by atoms with E-state index in [1.165, 1.54) is 51.9 Å². The van der Waals surface area contributed by atoms with Crippen LogP contribution in [0.2, 0.25) is 0 Å². The summed E-state index contributed by atoms with van der Waals surface area (Å²) in [5.41, 5.74) is 0.712. The summed E-state index contributed by atoms with van der Waals surface area (Å²) in [7, 11) is 0. The number of rotatable bonds is 1. The Kier molecular flexibility index (Phi) is 3.85. The zero-order valence-electron chi connectivity index (χ0n) is 15.5. The van der Waals surface area contributed by atoms with Gasteiger partial charge in [0.1, 0.15) is 0 Å². The predicted molar refractivity (Wildman–Crippen MR) is 92.3 cm³/mol. The molecule has 0 aromatic rings. The number of Topliss-reactive ketones (excluding diaryl/α,β-unsaturated/α-hetero) is 1. The number of esters is 1. The van der Waals surface area contributed by atoms with Crippen molar-refractivity contribution in [3.05, 3.63) is 0 Å². The van der Waals surface area contributed by atoms with Gasteiger partial charge in [0.2, 0.25) is 0 Å². The van der Waals surface area contributed by atoms with E-state index in [-0.39, 0.29) is 17.2 Å². The van der Waals surface area contributed by atoms with Crippen molar-refractivity contribution in [1.82, 2.24) is 0 Å². The first-order valence-electron chi connectivity index (χ1n) is 10.0. The largest absolute Gasteiger partial charge is 0.455 e. The van der Waals surface area contributed by atoms with Gasteiger partial charge in [0.05, 0.1) is 0 Å². The molecular weight excluding hydrogens is 300 g/mol. The molecule has 7 unspecified atom stereocenters. The van der Waals surface area contributed by atoms with Crippen LogP contribution in [0, 0.1) is 34.5 Å². The first-order chi connectivity index (χ1) is 11.3. The van der Waals surface area contributed by atoms with Crippen molar-refractivity contribution >= 4 is 11.8 Å². The molecule has 0 heterocycles. The zero-order chi connectivity index (χ0) is 17.1. The van der Waals surface area contributed by atoms with E-state index in [1.54, 1.807) is 0 Å². The molecule has 4 aliphatic carbocycles. The van der Waals surface area contributed by atoms with Crippen LogP contribution in [0.4, 0.5) is 0 Å². The Morgan fingerprint density at radius 3 is 2.62 bits per heavy atom. The molecule has 3 nitrogen and oxygen atoms in total. The summed E-state index contributed by atoms with van der Waals surface area (Å²) in [4.78, 5) is 24.0. The molecule has 24 heavy (non-hydrogen) atoms. The molecule has 0 radical (unpaired) electrons. The lowest BCUT2D eigenvalue weighted by Crippen LogP contribution is -2.55. The number of carbonyl (C=O) groups excluding carboxylic acids is 2. The van der Waals surface area contributed by atoms with E-state index in [2.05, 4.69) is 13.8 Å². The third-order valence-electron chi connectivity index (χ3n) is 8.57. The van der Waals surface area contributed by atoms with Gasteiger partial charge in [-0.15, -0.1) is 0 Å². The van der Waals surface area contributed by atoms with Crippen molar-refractivity contribution in [2.24, 2.45) is 34.5 Å². The van der Waals surface area contributed by atoms with Gasteiger partial charge in [0.15, 0.2) is 11.9 Å². The highest BCUT2D eigenvalue weighted by atomic mass is 16.5. The highest BCUT2D eigenvalue weighted by Crippen LogP contribution is 2.65. The Hall–Kier alpha value is -0.860. The zero-order valence-corrected chi connectivity index (χ0v) is 15.5. The summed E-state index contributed by atoms with van der Waals surface area (Å²) in [6, 6.07) is 0. The second-order valence-electron chi connectivity index (χ2n) is 9.72. The fourth-order valence-corrected chi connectivity index (χ4v) is 7.38. The first kappa shape index (κ1) is 16.6.